The molecule has 0 aromatic heterocycles. The normalized spacial score (nSPS) is 24.8. The summed E-state index contributed by atoms with van der Waals surface area (Å²) >= 11 is 3.40. The van der Waals surface area contributed by atoms with Gasteiger partial charge in [-0.15, -0.1) is 0 Å². The molecule has 3 N–H and O–H groups in total. The van der Waals surface area contributed by atoms with Crippen molar-refractivity contribution in [3.8, 4) is 0 Å². The summed E-state index contributed by atoms with van der Waals surface area (Å²) in [7, 11) is 0. The minimum atomic E-state index is 0.0439. The fourth-order valence-electron chi connectivity index (χ4n) is 2.42. The first-order valence-corrected chi connectivity index (χ1v) is 7.17. The van der Waals surface area contributed by atoms with E-state index < -0.39 is 0 Å². The van der Waals surface area contributed by atoms with Crippen molar-refractivity contribution in [1.82, 2.24) is 5.32 Å². The van der Waals surface area contributed by atoms with E-state index in [4.69, 9.17) is 5.73 Å². The number of halogens is 1. The lowest BCUT2D eigenvalue weighted by Gasteiger charge is -2.17. The SMILES string of the molecule is CC(NC(=O)C1CCC(N)C1)c1ccc(Br)cc1. The van der Waals surface area contributed by atoms with Gasteiger partial charge in [0, 0.05) is 16.4 Å². The molecule has 1 aliphatic rings. The molecule has 0 spiro atoms. The number of hydrogen-bond donors (Lipinski definition) is 2. The summed E-state index contributed by atoms with van der Waals surface area (Å²) < 4.78 is 1.05. The Balaban J connectivity index is 1.92. The van der Waals surface area contributed by atoms with Crippen LogP contribution >= 0.6 is 15.9 Å². The van der Waals surface area contributed by atoms with E-state index in [2.05, 4.69) is 21.2 Å². The summed E-state index contributed by atoms with van der Waals surface area (Å²) in [6.07, 6.45) is 2.70. The van der Waals surface area contributed by atoms with Gasteiger partial charge in [-0.05, 0) is 43.9 Å². The van der Waals surface area contributed by atoms with Gasteiger partial charge in [0.1, 0.15) is 0 Å². The summed E-state index contributed by atoms with van der Waals surface area (Å²) in [6.45, 7) is 2.01. The number of hydrogen-bond acceptors (Lipinski definition) is 2. The molecular weight excluding hydrogens is 292 g/mol. The van der Waals surface area contributed by atoms with Gasteiger partial charge in [0.05, 0.1) is 6.04 Å². The van der Waals surface area contributed by atoms with E-state index in [1.807, 2.05) is 31.2 Å². The lowest BCUT2D eigenvalue weighted by atomic mass is 10.0. The number of rotatable bonds is 3. The average Bonchev–Trinajstić information content (AvgIpc) is 2.76. The smallest absolute Gasteiger partial charge is 0.223 e. The van der Waals surface area contributed by atoms with Crippen molar-refractivity contribution in [1.29, 1.82) is 0 Å². The summed E-state index contributed by atoms with van der Waals surface area (Å²) in [5, 5.41) is 3.07. The van der Waals surface area contributed by atoms with Gasteiger partial charge >= 0.3 is 0 Å². The number of carbonyl (C=O) groups is 1. The van der Waals surface area contributed by atoms with Crippen molar-refractivity contribution in [2.45, 2.75) is 38.3 Å². The van der Waals surface area contributed by atoms with Crippen molar-refractivity contribution in [3.05, 3.63) is 34.3 Å². The van der Waals surface area contributed by atoms with Gasteiger partial charge in [-0.3, -0.25) is 4.79 Å². The van der Waals surface area contributed by atoms with Crippen LogP contribution in [-0.2, 0) is 4.79 Å². The predicted octanol–water partition coefficient (Wildman–Crippen LogP) is 2.75. The van der Waals surface area contributed by atoms with E-state index in [0.29, 0.717) is 0 Å². The van der Waals surface area contributed by atoms with Crippen LogP contribution in [0.5, 0.6) is 0 Å². The van der Waals surface area contributed by atoms with Gasteiger partial charge in [0.2, 0.25) is 5.91 Å². The Bertz CT molecular complexity index is 418. The third kappa shape index (κ3) is 3.33. The predicted molar refractivity (Wildman–Crippen MR) is 76.0 cm³/mol. The van der Waals surface area contributed by atoms with Crippen molar-refractivity contribution in [3.63, 3.8) is 0 Å². The van der Waals surface area contributed by atoms with E-state index >= 15 is 0 Å². The summed E-state index contributed by atoms with van der Waals surface area (Å²) in [5.74, 6) is 0.233. The Morgan fingerprint density at radius 3 is 2.61 bits per heavy atom. The van der Waals surface area contributed by atoms with Gasteiger partial charge in [-0.1, -0.05) is 28.1 Å². The standard InChI is InChI=1S/C14H19BrN2O/c1-9(10-2-5-12(15)6-3-10)17-14(18)11-4-7-13(16)8-11/h2-3,5-6,9,11,13H,4,7-8,16H2,1H3,(H,17,18). The molecule has 1 saturated carbocycles. The van der Waals surface area contributed by atoms with Gasteiger partial charge in [-0.25, -0.2) is 0 Å². The molecule has 0 radical (unpaired) electrons. The molecule has 3 atom stereocenters. The molecule has 1 aromatic rings. The van der Waals surface area contributed by atoms with Crippen LogP contribution in [0.1, 0.15) is 37.8 Å². The van der Waals surface area contributed by atoms with E-state index in [9.17, 15) is 4.79 Å². The molecule has 18 heavy (non-hydrogen) atoms. The Labute approximate surface area is 116 Å². The first kappa shape index (κ1) is 13.6. The molecule has 3 nitrogen and oxygen atoms in total. The number of benzene rings is 1. The van der Waals surface area contributed by atoms with Crippen LogP contribution in [0.3, 0.4) is 0 Å². The molecule has 1 aliphatic carbocycles. The lowest BCUT2D eigenvalue weighted by Crippen LogP contribution is -2.32. The minimum Gasteiger partial charge on any atom is -0.349 e. The fraction of sp³-hybridized carbons (Fsp3) is 0.500. The number of nitrogens with one attached hydrogen (secondary N) is 1. The van der Waals surface area contributed by atoms with Gasteiger partial charge < -0.3 is 11.1 Å². The molecule has 0 bridgehead atoms. The molecule has 0 saturated heterocycles. The second-order valence-corrected chi connectivity index (χ2v) is 5.97. The third-order valence-electron chi connectivity index (χ3n) is 3.57. The highest BCUT2D eigenvalue weighted by Crippen LogP contribution is 2.25. The highest BCUT2D eigenvalue weighted by molar-refractivity contribution is 9.10. The molecule has 98 valence electrons. The first-order chi connectivity index (χ1) is 8.56. The van der Waals surface area contributed by atoms with Crippen LogP contribution < -0.4 is 11.1 Å². The Morgan fingerprint density at radius 1 is 1.39 bits per heavy atom. The molecule has 1 aromatic carbocycles. The van der Waals surface area contributed by atoms with Gasteiger partial charge in [-0.2, -0.15) is 0 Å². The highest BCUT2D eigenvalue weighted by Gasteiger charge is 2.28. The zero-order chi connectivity index (χ0) is 13.1. The van der Waals surface area contributed by atoms with Crippen molar-refractivity contribution in [2.75, 3.05) is 0 Å². The maximum Gasteiger partial charge on any atom is 0.223 e. The molecule has 4 heteroatoms. The Hall–Kier alpha value is -0.870. The van der Waals surface area contributed by atoms with E-state index in [0.717, 1.165) is 29.3 Å². The Kier molecular flexibility index (Phi) is 4.40. The van der Waals surface area contributed by atoms with E-state index in [1.165, 1.54) is 0 Å². The zero-order valence-corrected chi connectivity index (χ0v) is 12.1. The van der Waals surface area contributed by atoms with E-state index in [1.54, 1.807) is 0 Å². The first-order valence-electron chi connectivity index (χ1n) is 6.37. The van der Waals surface area contributed by atoms with Crippen molar-refractivity contribution < 1.29 is 4.79 Å². The quantitative estimate of drug-likeness (QED) is 0.902. The average molecular weight is 311 g/mol. The second-order valence-electron chi connectivity index (χ2n) is 5.05. The molecule has 3 unspecified atom stereocenters. The Morgan fingerprint density at radius 2 is 2.06 bits per heavy atom. The van der Waals surface area contributed by atoms with Crippen LogP contribution in [0.2, 0.25) is 0 Å². The largest absolute Gasteiger partial charge is 0.349 e. The third-order valence-corrected chi connectivity index (χ3v) is 4.10. The fourth-order valence-corrected chi connectivity index (χ4v) is 2.68. The zero-order valence-electron chi connectivity index (χ0n) is 10.5. The molecule has 1 amide bonds. The van der Waals surface area contributed by atoms with Gasteiger partial charge in [0.25, 0.3) is 0 Å². The number of nitrogens with two attached hydrogens (primary N) is 1. The summed E-state index contributed by atoms with van der Waals surface area (Å²) in [6, 6.07) is 8.27. The topological polar surface area (TPSA) is 55.1 Å². The molecule has 0 aliphatic heterocycles. The summed E-state index contributed by atoms with van der Waals surface area (Å²) in [4.78, 5) is 12.1. The maximum atomic E-state index is 12.1. The summed E-state index contributed by atoms with van der Waals surface area (Å²) in [5.41, 5.74) is 6.96. The highest BCUT2D eigenvalue weighted by atomic mass is 79.9. The van der Waals surface area contributed by atoms with Crippen LogP contribution in [0, 0.1) is 5.92 Å². The molecule has 1 fully saturated rings. The van der Waals surface area contributed by atoms with Gasteiger partial charge in [0.15, 0.2) is 0 Å². The number of amides is 1. The van der Waals surface area contributed by atoms with Crippen LogP contribution in [0.4, 0.5) is 0 Å². The van der Waals surface area contributed by atoms with Crippen molar-refractivity contribution >= 4 is 21.8 Å². The lowest BCUT2D eigenvalue weighted by molar-refractivity contribution is -0.125. The van der Waals surface area contributed by atoms with Crippen LogP contribution in [0.25, 0.3) is 0 Å². The number of carbonyl (C=O) groups excluding carboxylic acids is 1. The maximum absolute atomic E-state index is 12.1. The molecule has 2 rings (SSSR count). The molecular formula is C14H19BrN2O. The second kappa shape index (κ2) is 5.85. The van der Waals surface area contributed by atoms with Crippen LogP contribution in [0.15, 0.2) is 28.7 Å². The van der Waals surface area contributed by atoms with E-state index in [-0.39, 0.29) is 23.9 Å². The van der Waals surface area contributed by atoms with Crippen LogP contribution in [-0.4, -0.2) is 11.9 Å². The monoisotopic (exact) mass is 310 g/mol. The van der Waals surface area contributed by atoms with Crippen molar-refractivity contribution in [2.24, 2.45) is 11.7 Å². The minimum absolute atomic E-state index is 0.0439. The molecule has 0 heterocycles.